The van der Waals surface area contributed by atoms with E-state index in [1.54, 1.807) is 0 Å². The average molecular weight is 210 g/mol. The van der Waals surface area contributed by atoms with E-state index in [0.717, 1.165) is 12.5 Å². The van der Waals surface area contributed by atoms with E-state index >= 15 is 0 Å². The van der Waals surface area contributed by atoms with Gasteiger partial charge in [0.25, 0.3) is 0 Å². The summed E-state index contributed by atoms with van der Waals surface area (Å²) in [4.78, 5) is 0. The van der Waals surface area contributed by atoms with E-state index in [1.807, 2.05) is 6.07 Å². The third-order valence-corrected chi connectivity index (χ3v) is 3.01. The zero-order valence-electron chi connectivity index (χ0n) is 8.25. The number of hydrogen-bond acceptors (Lipinski definition) is 1. The zero-order valence-corrected chi connectivity index (χ0v) is 9.00. The van der Waals surface area contributed by atoms with Gasteiger partial charge in [-0.3, -0.25) is 0 Å². The first kappa shape index (κ1) is 10.0. The van der Waals surface area contributed by atoms with Crippen LogP contribution in [0, 0.1) is 5.92 Å². The van der Waals surface area contributed by atoms with Gasteiger partial charge in [0.1, 0.15) is 0 Å². The lowest BCUT2D eigenvalue weighted by molar-refractivity contribution is 0.553. The van der Waals surface area contributed by atoms with Gasteiger partial charge in [-0.2, -0.15) is 0 Å². The maximum absolute atomic E-state index is 5.94. The van der Waals surface area contributed by atoms with E-state index in [2.05, 4.69) is 29.6 Å². The van der Waals surface area contributed by atoms with Crippen LogP contribution in [0.4, 0.5) is 0 Å². The summed E-state index contributed by atoms with van der Waals surface area (Å²) in [6.45, 7) is 1.12. The predicted octanol–water partition coefficient (Wildman–Crippen LogP) is 2.97. The second-order valence-corrected chi connectivity index (χ2v) is 4.28. The van der Waals surface area contributed by atoms with Crippen molar-refractivity contribution in [2.75, 3.05) is 12.4 Å². The monoisotopic (exact) mass is 209 g/mol. The lowest BCUT2D eigenvalue weighted by atomic mass is 10.1. The third kappa shape index (κ3) is 2.73. The summed E-state index contributed by atoms with van der Waals surface area (Å²) >= 11 is 5.94. The molecule has 1 atom stereocenters. The minimum atomic E-state index is 0.318. The molecule has 1 aliphatic rings. The van der Waals surface area contributed by atoms with Gasteiger partial charge >= 0.3 is 0 Å². The first-order valence-corrected chi connectivity index (χ1v) is 5.78. The van der Waals surface area contributed by atoms with Gasteiger partial charge in [0.2, 0.25) is 0 Å². The Morgan fingerprint density at radius 3 is 2.57 bits per heavy atom. The van der Waals surface area contributed by atoms with E-state index in [9.17, 15) is 0 Å². The van der Waals surface area contributed by atoms with Crippen LogP contribution in [0.3, 0.4) is 0 Å². The molecule has 14 heavy (non-hydrogen) atoms. The van der Waals surface area contributed by atoms with Crippen molar-refractivity contribution in [3.8, 4) is 0 Å². The van der Waals surface area contributed by atoms with Crippen LogP contribution in [-0.4, -0.2) is 12.4 Å². The molecule has 0 bridgehead atoms. The lowest BCUT2D eigenvalue weighted by Crippen LogP contribution is -2.24. The highest BCUT2D eigenvalue weighted by molar-refractivity contribution is 6.18. The molecule has 1 unspecified atom stereocenters. The molecule has 0 saturated heterocycles. The number of halogens is 1. The molecule has 1 aliphatic carbocycles. The van der Waals surface area contributed by atoms with Crippen LogP contribution in [0.5, 0.6) is 0 Å². The van der Waals surface area contributed by atoms with Crippen LogP contribution >= 0.6 is 11.6 Å². The van der Waals surface area contributed by atoms with E-state index in [-0.39, 0.29) is 0 Å². The molecule has 1 saturated carbocycles. The maximum Gasteiger partial charge on any atom is 0.0457 e. The van der Waals surface area contributed by atoms with Crippen LogP contribution in [0.1, 0.15) is 24.4 Å². The van der Waals surface area contributed by atoms with Gasteiger partial charge in [-0.05, 0) is 30.9 Å². The Hall–Kier alpha value is -0.530. The standard InChI is InChI=1S/C12H16ClN/c13-8-12(14-9-10-6-7-10)11-4-2-1-3-5-11/h1-5,10,12,14H,6-9H2. The van der Waals surface area contributed by atoms with Crippen molar-refractivity contribution >= 4 is 11.6 Å². The molecule has 0 aromatic heterocycles. The minimum Gasteiger partial charge on any atom is -0.309 e. The fourth-order valence-corrected chi connectivity index (χ4v) is 1.87. The third-order valence-electron chi connectivity index (χ3n) is 2.71. The van der Waals surface area contributed by atoms with Gasteiger partial charge in [-0.15, -0.1) is 11.6 Å². The first-order valence-electron chi connectivity index (χ1n) is 5.24. The molecule has 1 fully saturated rings. The van der Waals surface area contributed by atoms with Crippen LogP contribution in [0.2, 0.25) is 0 Å². The van der Waals surface area contributed by atoms with Crippen molar-refractivity contribution < 1.29 is 0 Å². The highest BCUT2D eigenvalue weighted by Gasteiger charge is 2.22. The minimum absolute atomic E-state index is 0.318. The zero-order chi connectivity index (χ0) is 9.80. The average Bonchev–Trinajstić information content (AvgIpc) is 3.04. The Balaban J connectivity index is 1.90. The molecule has 2 rings (SSSR count). The molecule has 0 heterocycles. The molecule has 76 valence electrons. The molecule has 0 radical (unpaired) electrons. The van der Waals surface area contributed by atoms with E-state index in [0.29, 0.717) is 11.9 Å². The Morgan fingerprint density at radius 1 is 1.29 bits per heavy atom. The molecule has 1 aromatic carbocycles. The molecule has 0 aliphatic heterocycles. The summed E-state index contributed by atoms with van der Waals surface area (Å²) in [6, 6.07) is 10.7. The van der Waals surface area contributed by atoms with Crippen molar-refractivity contribution in [1.82, 2.24) is 5.32 Å². The van der Waals surface area contributed by atoms with Crippen molar-refractivity contribution in [2.24, 2.45) is 5.92 Å². The number of alkyl halides is 1. The Kier molecular flexibility index (Phi) is 3.44. The SMILES string of the molecule is ClCC(NCC1CC1)c1ccccc1. The molecule has 2 heteroatoms. The van der Waals surface area contributed by atoms with Crippen LogP contribution in [-0.2, 0) is 0 Å². The normalized spacial score (nSPS) is 18.1. The fraction of sp³-hybridized carbons (Fsp3) is 0.500. The van der Waals surface area contributed by atoms with Gasteiger partial charge in [0.05, 0.1) is 0 Å². The van der Waals surface area contributed by atoms with Gasteiger partial charge in [0, 0.05) is 11.9 Å². The van der Waals surface area contributed by atoms with E-state index in [4.69, 9.17) is 11.6 Å². The molecule has 0 spiro atoms. The Bertz CT molecular complexity index is 269. The summed E-state index contributed by atoms with van der Waals surface area (Å²) in [5.74, 6) is 1.56. The highest BCUT2D eigenvalue weighted by atomic mass is 35.5. The fourth-order valence-electron chi connectivity index (χ4n) is 1.58. The highest BCUT2D eigenvalue weighted by Crippen LogP contribution is 2.28. The van der Waals surface area contributed by atoms with Crippen LogP contribution < -0.4 is 5.32 Å². The largest absolute Gasteiger partial charge is 0.309 e. The smallest absolute Gasteiger partial charge is 0.0457 e. The lowest BCUT2D eigenvalue weighted by Gasteiger charge is -2.15. The van der Waals surface area contributed by atoms with Crippen molar-refractivity contribution in [2.45, 2.75) is 18.9 Å². The maximum atomic E-state index is 5.94. The van der Waals surface area contributed by atoms with Gasteiger partial charge in [-0.25, -0.2) is 0 Å². The summed E-state index contributed by atoms with van der Waals surface area (Å²) in [7, 11) is 0. The number of rotatable bonds is 5. The Morgan fingerprint density at radius 2 is 2.00 bits per heavy atom. The van der Waals surface area contributed by atoms with Gasteiger partial charge < -0.3 is 5.32 Å². The van der Waals surface area contributed by atoms with E-state index in [1.165, 1.54) is 18.4 Å². The molecule has 1 nitrogen and oxygen atoms in total. The summed E-state index contributed by atoms with van der Waals surface area (Å²) in [5, 5.41) is 3.52. The molecule has 1 N–H and O–H groups in total. The Labute approximate surface area is 90.5 Å². The van der Waals surface area contributed by atoms with Crippen molar-refractivity contribution in [3.05, 3.63) is 35.9 Å². The topological polar surface area (TPSA) is 12.0 Å². The van der Waals surface area contributed by atoms with Crippen molar-refractivity contribution in [3.63, 3.8) is 0 Å². The van der Waals surface area contributed by atoms with E-state index < -0.39 is 0 Å². The second-order valence-electron chi connectivity index (χ2n) is 3.97. The summed E-state index contributed by atoms with van der Waals surface area (Å²) in [6.07, 6.45) is 2.77. The first-order chi connectivity index (χ1) is 6.90. The summed E-state index contributed by atoms with van der Waals surface area (Å²) in [5.41, 5.74) is 1.29. The van der Waals surface area contributed by atoms with Gasteiger partial charge in [0.15, 0.2) is 0 Å². The number of nitrogens with one attached hydrogen (secondary N) is 1. The molecular formula is C12H16ClN. The quantitative estimate of drug-likeness (QED) is 0.736. The molecule has 0 amide bonds. The van der Waals surface area contributed by atoms with Crippen LogP contribution in [0.25, 0.3) is 0 Å². The number of benzene rings is 1. The van der Waals surface area contributed by atoms with Crippen LogP contribution in [0.15, 0.2) is 30.3 Å². The van der Waals surface area contributed by atoms with Crippen molar-refractivity contribution in [1.29, 1.82) is 0 Å². The second kappa shape index (κ2) is 4.81. The molecular weight excluding hydrogens is 194 g/mol. The van der Waals surface area contributed by atoms with Gasteiger partial charge in [-0.1, -0.05) is 30.3 Å². The summed E-state index contributed by atoms with van der Waals surface area (Å²) < 4.78 is 0. The number of hydrogen-bond donors (Lipinski definition) is 1. The predicted molar refractivity (Wildman–Crippen MR) is 60.6 cm³/mol. The molecule has 1 aromatic rings.